The molecule has 0 bridgehead atoms. The van der Waals surface area contributed by atoms with Crippen LogP contribution in [0.3, 0.4) is 0 Å². The van der Waals surface area contributed by atoms with Crippen LogP contribution in [0.4, 0.5) is 18.9 Å². The number of anilines is 1. The SMILES string of the molecule is O=C(Nc1ccc(-n2nccc2C(F)(F)F)cc1)C1CC12CCNC2. The Morgan fingerprint density at radius 1 is 1.28 bits per heavy atom. The lowest BCUT2D eigenvalue weighted by atomic mass is 10.0. The van der Waals surface area contributed by atoms with Crippen molar-refractivity contribution in [1.29, 1.82) is 0 Å². The zero-order chi connectivity index (χ0) is 17.7. The molecule has 2 atom stereocenters. The van der Waals surface area contributed by atoms with Crippen molar-refractivity contribution in [2.45, 2.75) is 19.0 Å². The Kier molecular flexibility index (Phi) is 3.61. The van der Waals surface area contributed by atoms with Gasteiger partial charge in [-0.15, -0.1) is 0 Å². The summed E-state index contributed by atoms with van der Waals surface area (Å²) in [6.45, 7) is 1.83. The number of carbonyl (C=O) groups is 1. The van der Waals surface area contributed by atoms with Crippen molar-refractivity contribution in [3.05, 3.63) is 42.2 Å². The van der Waals surface area contributed by atoms with Gasteiger partial charge in [-0.3, -0.25) is 4.79 Å². The highest BCUT2D eigenvalue weighted by Gasteiger charge is 2.58. The van der Waals surface area contributed by atoms with Crippen molar-refractivity contribution < 1.29 is 18.0 Å². The van der Waals surface area contributed by atoms with Crippen LogP contribution in [0.5, 0.6) is 0 Å². The minimum Gasteiger partial charge on any atom is -0.326 e. The minimum absolute atomic E-state index is 0.0186. The molecule has 2 unspecified atom stereocenters. The lowest BCUT2D eigenvalue weighted by molar-refractivity contribution is -0.142. The topological polar surface area (TPSA) is 59.0 Å². The maximum Gasteiger partial charge on any atom is 0.433 e. The second kappa shape index (κ2) is 5.59. The third-order valence-corrected chi connectivity index (χ3v) is 5.10. The normalized spacial score (nSPS) is 25.3. The molecule has 5 nitrogen and oxygen atoms in total. The van der Waals surface area contributed by atoms with Gasteiger partial charge in [0.1, 0.15) is 5.69 Å². The maximum atomic E-state index is 12.9. The van der Waals surface area contributed by atoms with E-state index in [-0.39, 0.29) is 17.2 Å². The van der Waals surface area contributed by atoms with E-state index in [0.717, 1.165) is 42.9 Å². The fraction of sp³-hybridized carbons (Fsp3) is 0.412. The molecule has 1 aromatic carbocycles. The molecule has 8 heteroatoms. The van der Waals surface area contributed by atoms with Crippen molar-refractivity contribution in [2.24, 2.45) is 11.3 Å². The Bertz CT molecular complexity index is 791. The first-order valence-corrected chi connectivity index (χ1v) is 8.12. The van der Waals surface area contributed by atoms with Gasteiger partial charge in [0.15, 0.2) is 0 Å². The molecular formula is C17H17F3N4O. The van der Waals surface area contributed by atoms with Crippen LogP contribution in [0, 0.1) is 11.3 Å². The Labute approximate surface area is 142 Å². The van der Waals surface area contributed by atoms with Crippen LogP contribution in [0.15, 0.2) is 36.5 Å². The molecule has 4 rings (SSSR count). The molecule has 25 heavy (non-hydrogen) atoms. The second-order valence-corrected chi connectivity index (χ2v) is 6.71. The van der Waals surface area contributed by atoms with Gasteiger partial charge in [0, 0.05) is 18.2 Å². The summed E-state index contributed by atoms with van der Waals surface area (Å²) in [5.41, 5.74) is 0.138. The molecule has 1 saturated carbocycles. The molecule has 1 aliphatic heterocycles. The van der Waals surface area contributed by atoms with Gasteiger partial charge in [0.2, 0.25) is 5.91 Å². The number of carbonyl (C=O) groups excluding carboxylic acids is 1. The molecule has 1 amide bonds. The van der Waals surface area contributed by atoms with Crippen molar-refractivity contribution in [3.8, 4) is 5.69 Å². The smallest absolute Gasteiger partial charge is 0.326 e. The number of benzene rings is 1. The van der Waals surface area contributed by atoms with Crippen LogP contribution < -0.4 is 10.6 Å². The summed E-state index contributed by atoms with van der Waals surface area (Å²) < 4.78 is 39.6. The van der Waals surface area contributed by atoms with Crippen LogP contribution in [0.25, 0.3) is 5.69 Å². The first-order chi connectivity index (χ1) is 11.9. The summed E-state index contributed by atoms with van der Waals surface area (Å²) >= 11 is 0. The minimum atomic E-state index is -4.47. The number of nitrogens with one attached hydrogen (secondary N) is 2. The van der Waals surface area contributed by atoms with Crippen molar-refractivity contribution in [3.63, 3.8) is 0 Å². The molecule has 2 fully saturated rings. The number of amides is 1. The lowest BCUT2D eigenvalue weighted by Gasteiger charge is -2.12. The Hall–Kier alpha value is -2.35. The summed E-state index contributed by atoms with van der Waals surface area (Å²) in [7, 11) is 0. The van der Waals surface area contributed by atoms with Crippen LogP contribution in [0.2, 0.25) is 0 Å². The fourth-order valence-corrected chi connectivity index (χ4v) is 3.59. The van der Waals surface area contributed by atoms with Crippen LogP contribution in [-0.2, 0) is 11.0 Å². The standard InChI is InChI=1S/C17H17F3N4O/c18-17(19,20)14-5-7-22-24(14)12-3-1-11(2-4-12)23-15(25)13-9-16(13)6-8-21-10-16/h1-5,7,13,21H,6,8-10H2,(H,23,25). The predicted octanol–water partition coefficient (Wildman–Crippen LogP) is 2.83. The number of rotatable bonds is 3. The molecule has 2 aromatic rings. The molecule has 1 saturated heterocycles. The van der Waals surface area contributed by atoms with Gasteiger partial charge in [-0.1, -0.05) is 0 Å². The number of alkyl halides is 3. The molecule has 1 aliphatic carbocycles. The molecule has 132 valence electrons. The third-order valence-electron chi connectivity index (χ3n) is 5.10. The monoisotopic (exact) mass is 350 g/mol. The highest BCUT2D eigenvalue weighted by molar-refractivity contribution is 5.95. The molecule has 1 spiro atoms. The highest BCUT2D eigenvalue weighted by atomic mass is 19.4. The van der Waals surface area contributed by atoms with Gasteiger partial charge >= 0.3 is 6.18 Å². The maximum absolute atomic E-state index is 12.9. The van der Waals surface area contributed by atoms with Crippen molar-refractivity contribution in [1.82, 2.24) is 15.1 Å². The zero-order valence-corrected chi connectivity index (χ0v) is 13.3. The molecule has 2 N–H and O–H groups in total. The van der Waals surface area contributed by atoms with E-state index in [1.165, 1.54) is 12.1 Å². The summed E-state index contributed by atoms with van der Waals surface area (Å²) in [6.07, 6.45) is -1.45. The first-order valence-electron chi connectivity index (χ1n) is 8.12. The number of aromatic nitrogens is 2. The van der Waals surface area contributed by atoms with E-state index in [0.29, 0.717) is 11.4 Å². The van der Waals surface area contributed by atoms with Gasteiger partial charge < -0.3 is 10.6 Å². The van der Waals surface area contributed by atoms with E-state index in [9.17, 15) is 18.0 Å². The highest BCUT2D eigenvalue weighted by Crippen LogP contribution is 2.56. The number of halogens is 3. The quantitative estimate of drug-likeness (QED) is 0.895. The second-order valence-electron chi connectivity index (χ2n) is 6.71. The van der Waals surface area contributed by atoms with Gasteiger partial charge in [0.05, 0.1) is 11.9 Å². The summed E-state index contributed by atoms with van der Waals surface area (Å²) in [5.74, 6) is -0.00311. The zero-order valence-electron chi connectivity index (χ0n) is 13.3. The molecule has 2 heterocycles. The lowest BCUT2D eigenvalue weighted by Crippen LogP contribution is -2.20. The molecule has 1 aromatic heterocycles. The summed E-state index contributed by atoms with van der Waals surface area (Å²) in [6, 6.07) is 7.14. The van der Waals surface area contributed by atoms with E-state index in [1.54, 1.807) is 12.1 Å². The van der Waals surface area contributed by atoms with E-state index in [4.69, 9.17) is 0 Å². The van der Waals surface area contributed by atoms with Gasteiger partial charge in [-0.25, -0.2) is 4.68 Å². The van der Waals surface area contributed by atoms with Crippen LogP contribution in [0.1, 0.15) is 18.5 Å². The average Bonchev–Trinajstić information content (AvgIpc) is 2.92. The Balaban J connectivity index is 1.46. The van der Waals surface area contributed by atoms with Crippen LogP contribution in [-0.4, -0.2) is 28.8 Å². The van der Waals surface area contributed by atoms with Gasteiger partial charge in [0.25, 0.3) is 0 Å². The average molecular weight is 350 g/mol. The van der Waals surface area contributed by atoms with Crippen LogP contribution >= 0.6 is 0 Å². The van der Waals surface area contributed by atoms with Gasteiger partial charge in [-0.05, 0) is 55.1 Å². The molecular weight excluding hydrogens is 333 g/mol. The number of hydrogen-bond acceptors (Lipinski definition) is 3. The Morgan fingerprint density at radius 2 is 2.04 bits per heavy atom. The molecule has 0 radical (unpaired) electrons. The Morgan fingerprint density at radius 3 is 2.68 bits per heavy atom. The van der Waals surface area contributed by atoms with E-state index >= 15 is 0 Å². The fourth-order valence-electron chi connectivity index (χ4n) is 3.59. The summed E-state index contributed by atoms with van der Waals surface area (Å²) in [4.78, 5) is 12.3. The van der Waals surface area contributed by atoms with Gasteiger partial charge in [-0.2, -0.15) is 18.3 Å². The first kappa shape index (κ1) is 16.1. The van der Waals surface area contributed by atoms with E-state index in [2.05, 4.69) is 15.7 Å². The van der Waals surface area contributed by atoms with Crippen molar-refractivity contribution in [2.75, 3.05) is 18.4 Å². The summed E-state index contributed by atoms with van der Waals surface area (Å²) in [5, 5.41) is 9.87. The predicted molar refractivity (Wildman–Crippen MR) is 85.2 cm³/mol. The third kappa shape index (κ3) is 2.90. The van der Waals surface area contributed by atoms with Crippen molar-refractivity contribution >= 4 is 11.6 Å². The molecule has 2 aliphatic rings. The largest absolute Gasteiger partial charge is 0.433 e. The van der Waals surface area contributed by atoms with E-state index < -0.39 is 11.9 Å². The number of nitrogens with zero attached hydrogens (tertiary/aromatic N) is 2. The number of hydrogen-bond donors (Lipinski definition) is 2. The van der Waals surface area contributed by atoms with E-state index in [1.807, 2.05) is 0 Å².